The van der Waals surface area contributed by atoms with Crippen LogP contribution >= 0.6 is 0 Å². The van der Waals surface area contributed by atoms with Gasteiger partial charge in [-0.3, -0.25) is 0 Å². The number of hydrogen-bond acceptors (Lipinski definition) is 1. The van der Waals surface area contributed by atoms with Crippen LogP contribution in [-0.4, -0.2) is 11.3 Å². The zero-order chi connectivity index (χ0) is 9.19. The van der Waals surface area contributed by atoms with Crippen LogP contribution in [0.4, 0.5) is 13.2 Å². The zero-order valence-electron chi connectivity index (χ0n) is 6.10. The van der Waals surface area contributed by atoms with Crippen molar-refractivity contribution in [2.75, 3.05) is 0 Å². The molecule has 0 radical (unpaired) electrons. The van der Waals surface area contributed by atoms with Crippen molar-refractivity contribution < 1.29 is 18.3 Å². The minimum Gasteiger partial charge on any atom is -0.508 e. The van der Waals surface area contributed by atoms with Crippen molar-refractivity contribution in [3.05, 3.63) is 29.8 Å². The Bertz CT molecular complexity index is 267. The van der Waals surface area contributed by atoms with E-state index in [0.717, 1.165) is 0 Å². The monoisotopic (exact) mass is 176 g/mol. The molecule has 0 bridgehead atoms. The van der Waals surface area contributed by atoms with Crippen LogP contribution in [0.25, 0.3) is 0 Å². The topological polar surface area (TPSA) is 20.2 Å². The smallest absolute Gasteiger partial charge is 0.393 e. The van der Waals surface area contributed by atoms with Crippen LogP contribution in [0.15, 0.2) is 24.3 Å². The highest BCUT2D eigenvalue weighted by atomic mass is 19.4. The summed E-state index contributed by atoms with van der Waals surface area (Å²) < 4.78 is 35.4. The van der Waals surface area contributed by atoms with Gasteiger partial charge in [0.1, 0.15) is 5.75 Å². The molecule has 0 saturated heterocycles. The van der Waals surface area contributed by atoms with Crippen molar-refractivity contribution in [2.24, 2.45) is 0 Å². The maximum Gasteiger partial charge on any atom is 0.393 e. The summed E-state index contributed by atoms with van der Waals surface area (Å²) in [6.07, 6.45) is -5.35. The highest BCUT2D eigenvalue weighted by Crippen LogP contribution is 2.26. The van der Waals surface area contributed by atoms with Crippen molar-refractivity contribution in [1.82, 2.24) is 0 Å². The van der Waals surface area contributed by atoms with E-state index in [9.17, 15) is 13.2 Å². The molecule has 0 unspecified atom stereocenters. The van der Waals surface area contributed by atoms with Crippen LogP contribution in [0, 0.1) is 0 Å². The van der Waals surface area contributed by atoms with Gasteiger partial charge in [-0.2, -0.15) is 13.2 Å². The van der Waals surface area contributed by atoms with Gasteiger partial charge >= 0.3 is 6.18 Å². The lowest BCUT2D eigenvalue weighted by molar-refractivity contribution is -0.127. The molecule has 1 aromatic carbocycles. The minimum atomic E-state index is -4.27. The van der Waals surface area contributed by atoms with Crippen molar-refractivity contribution in [2.45, 2.75) is 12.6 Å². The Hall–Kier alpha value is -1.19. The van der Waals surface area contributed by atoms with Gasteiger partial charge in [0.05, 0.1) is 6.42 Å². The van der Waals surface area contributed by atoms with Gasteiger partial charge in [0.15, 0.2) is 0 Å². The standard InChI is InChI=1S/C8H7F3O/c9-8(10,11)5-6-3-1-2-4-7(6)12/h1-4,12H,5H2. The van der Waals surface area contributed by atoms with E-state index in [2.05, 4.69) is 0 Å². The Morgan fingerprint density at radius 1 is 1.17 bits per heavy atom. The molecule has 12 heavy (non-hydrogen) atoms. The Labute approximate surface area is 67.5 Å². The second-order valence-electron chi connectivity index (χ2n) is 2.42. The third-order valence-corrected chi connectivity index (χ3v) is 1.38. The Balaban J connectivity index is 2.83. The van der Waals surface area contributed by atoms with E-state index < -0.39 is 12.6 Å². The Morgan fingerprint density at radius 2 is 1.75 bits per heavy atom. The van der Waals surface area contributed by atoms with Crippen LogP contribution in [0.5, 0.6) is 5.75 Å². The van der Waals surface area contributed by atoms with Crippen molar-refractivity contribution in [3.8, 4) is 5.75 Å². The molecule has 0 aliphatic heterocycles. The number of halogens is 3. The van der Waals surface area contributed by atoms with Crippen molar-refractivity contribution >= 4 is 0 Å². The van der Waals surface area contributed by atoms with Gasteiger partial charge in [-0.15, -0.1) is 0 Å². The van der Waals surface area contributed by atoms with E-state index in [1.807, 2.05) is 0 Å². The number of benzene rings is 1. The summed E-state index contributed by atoms with van der Waals surface area (Å²) in [5.74, 6) is -0.310. The lowest BCUT2D eigenvalue weighted by atomic mass is 10.1. The van der Waals surface area contributed by atoms with E-state index in [-0.39, 0.29) is 11.3 Å². The second kappa shape index (κ2) is 3.05. The maximum atomic E-state index is 11.8. The SMILES string of the molecule is Oc1ccccc1CC(F)(F)F. The van der Waals surface area contributed by atoms with E-state index in [1.54, 1.807) is 0 Å². The molecule has 0 atom stereocenters. The molecule has 66 valence electrons. The van der Waals surface area contributed by atoms with Gasteiger partial charge in [-0.1, -0.05) is 18.2 Å². The van der Waals surface area contributed by atoms with Gasteiger partial charge in [0, 0.05) is 5.56 Å². The lowest BCUT2D eigenvalue weighted by Crippen LogP contribution is -2.11. The van der Waals surface area contributed by atoms with Crippen LogP contribution in [0.1, 0.15) is 5.56 Å². The molecule has 0 aliphatic carbocycles. The van der Waals surface area contributed by atoms with Gasteiger partial charge in [-0.05, 0) is 6.07 Å². The Kier molecular flexibility index (Phi) is 2.26. The second-order valence-corrected chi connectivity index (χ2v) is 2.42. The average Bonchev–Trinajstić information content (AvgIpc) is 1.91. The fraction of sp³-hybridized carbons (Fsp3) is 0.250. The fourth-order valence-corrected chi connectivity index (χ4v) is 0.876. The summed E-state index contributed by atoms with van der Waals surface area (Å²) in [7, 11) is 0. The highest BCUT2D eigenvalue weighted by molar-refractivity contribution is 5.32. The third-order valence-electron chi connectivity index (χ3n) is 1.38. The average molecular weight is 176 g/mol. The van der Waals surface area contributed by atoms with Crippen molar-refractivity contribution in [1.29, 1.82) is 0 Å². The zero-order valence-corrected chi connectivity index (χ0v) is 6.10. The number of phenolic OH excluding ortho intramolecular Hbond substituents is 1. The molecule has 0 aromatic heterocycles. The predicted octanol–water partition coefficient (Wildman–Crippen LogP) is 2.50. The molecular formula is C8H7F3O. The van der Waals surface area contributed by atoms with Crippen LogP contribution < -0.4 is 0 Å². The molecule has 0 amide bonds. The third kappa shape index (κ3) is 2.45. The molecule has 1 rings (SSSR count). The van der Waals surface area contributed by atoms with Crippen LogP contribution in [-0.2, 0) is 6.42 Å². The van der Waals surface area contributed by atoms with Gasteiger partial charge < -0.3 is 5.11 Å². The first-order valence-corrected chi connectivity index (χ1v) is 3.33. The summed E-state index contributed by atoms with van der Waals surface area (Å²) in [5, 5.41) is 8.97. The first-order valence-electron chi connectivity index (χ1n) is 3.33. The van der Waals surface area contributed by atoms with Gasteiger partial charge in [-0.25, -0.2) is 0 Å². The summed E-state index contributed by atoms with van der Waals surface area (Å²) in [5.41, 5.74) is -0.0926. The van der Waals surface area contributed by atoms with Gasteiger partial charge in [0.2, 0.25) is 0 Å². The number of phenols is 1. The minimum absolute atomic E-state index is 0.0926. The van der Waals surface area contributed by atoms with E-state index in [4.69, 9.17) is 5.11 Å². The lowest BCUT2D eigenvalue weighted by Gasteiger charge is -2.06. The molecule has 1 aromatic rings. The number of hydrogen-bond donors (Lipinski definition) is 1. The van der Waals surface area contributed by atoms with E-state index >= 15 is 0 Å². The van der Waals surface area contributed by atoms with Crippen molar-refractivity contribution in [3.63, 3.8) is 0 Å². The quantitative estimate of drug-likeness (QED) is 0.696. The number of aromatic hydroxyl groups is 1. The Morgan fingerprint density at radius 3 is 2.25 bits per heavy atom. The first-order chi connectivity index (χ1) is 5.49. The summed E-state index contributed by atoms with van der Waals surface area (Å²) >= 11 is 0. The van der Waals surface area contributed by atoms with Gasteiger partial charge in [0.25, 0.3) is 0 Å². The predicted molar refractivity (Wildman–Crippen MR) is 37.9 cm³/mol. The van der Waals surface area contributed by atoms with E-state index in [0.29, 0.717) is 0 Å². The highest BCUT2D eigenvalue weighted by Gasteiger charge is 2.28. The molecule has 0 saturated carbocycles. The molecule has 0 fully saturated rings. The molecule has 0 aliphatic rings. The first kappa shape index (κ1) is 8.90. The summed E-state index contributed by atoms with van der Waals surface area (Å²) in [4.78, 5) is 0. The number of para-hydroxylation sites is 1. The number of rotatable bonds is 1. The normalized spacial score (nSPS) is 11.6. The summed E-state index contributed by atoms with van der Waals surface area (Å²) in [6.45, 7) is 0. The molecular weight excluding hydrogens is 169 g/mol. The number of alkyl halides is 3. The molecule has 0 heterocycles. The molecule has 0 spiro atoms. The van der Waals surface area contributed by atoms with Crippen LogP contribution in [0.3, 0.4) is 0 Å². The maximum absolute atomic E-state index is 11.8. The molecule has 4 heteroatoms. The van der Waals surface area contributed by atoms with E-state index in [1.165, 1.54) is 24.3 Å². The largest absolute Gasteiger partial charge is 0.508 e. The summed E-state index contributed by atoms with van der Waals surface area (Å²) in [6, 6.07) is 5.43. The van der Waals surface area contributed by atoms with Crippen LogP contribution in [0.2, 0.25) is 0 Å². The molecule has 1 N–H and O–H groups in total. The fourth-order valence-electron chi connectivity index (χ4n) is 0.876. The molecule has 1 nitrogen and oxygen atoms in total.